The summed E-state index contributed by atoms with van der Waals surface area (Å²) in [5, 5.41) is 10.3. The number of aryl methyl sites for hydroxylation is 2. The summed E-state index contributed by atoms with van der Waals surface area (Å²) in [5.74, 6) is -0.386. The van der Waals surface area contributed by atoms with Gasteiger partial charge < -0.3 is 0 Å². The smallest absolute Gasteiger partial charge is 0.267 e. The summed E-state index contributed by atoms with van der Waals surface area (Å²) < 4.78 is 2.93. The maximum Gasteiger partial charge on any atom is 0.291 e. The lowest BCUT2D eigenvalue weighted by molar-refractivity contribution is 0.100. The third-order valence-corrected chi connectivity index (χ3v) is 7.21. The van der Waals surface area contributed by atoms with Crippen LogP contribution in [0.4, 0.5) is 0 Å². The highest BCUT2D eigenvalue weighted by Crippen LogP contribution is 2.33. The van der Waals surface area contributed by atoms with E-state index >= 15 is 0 Å². The first-order chi connectivity index (χ1) is 15.4. The highest BCUT2D eigenvalue weighted by Gasteiger charge is 2.19. The minimum atomic E-state index is -0.386. The van der Waals surface area contributed by atoms with Crippen LogP contribution in [0.2, 0.25) is 0 Å². The monoisotopic (exact) mass is 461 g/mol. The van der Waals surface area contributed by atoms with E-state index in [1.807, 2.05) is 36.7 Å². The number of thiazole rings is 1. The molecule has 9 heteroatoms. The number of thiophene rings is 1. The molecule has 4 heterocycles. The fourth-order valence-electron chi connectivity index (χ4n) is 3.73. The predicted octanol–water partition coefficient (Wildman–Crippen LogP) is 4.59. The summed E-state index contributed by atoms with van der Waals surface area (Å²) in [4.78, 5) is 31.5. The van der Waals surface area contributed by atoms with Crippen LogP contribution in [0.3, 0.4) is 0 Å². The number of nitrogens with one attached hydrogen (secondary N) is 1. The quantitative estimate of drug-likeness (QED) is 0.424. The zero-order valence-electron chi connectivity index (χ0n) is 17.6. The molecule has 0 aliphatic rings. The molecule has 0 atom stereocenters. The van der Waals surface area contributed by atoms with Gasteiger partial charge >= 0.3 is 0 Å². The highest BCUT2D eigenvalue weighted by molar-refractivity contribution is 7.20. The molecule has 0 saturated heterocycles. The van der Waals surface area contributed by atoms with Gasteiger partial charge in [-0.25, -0.2) is 9.67 Å². The van der Waals surface area contributed by atoms with E-state index in [2.05, 4.69) is 16.6 Å². The van der Waals surface area contributed by atoms with Crippen molar-refractivity contribution < 1.29 is 4.79 Å². The second kappa shape index (κ2) is 7.85. The molecule has 0 bridgehead atoms. The molecule has 0 aliphatic carbocycles. The van der Waals surface area contributed by atoms with Crippen molar-refractivity contribution in [3.8, 4) is 21.1 Å². The fraction of sp³-hybridized carbons (Fsp3) is 0.130. The van der Waals surface area contributed by atoms with E-state index in [0.717, 1.165) is 32.5 Å². The van der Waals surface area contributed by atoms with Crippen molar-refractivity contribution in [2.45, 2.75) is 13.8 Å². The molecule has 0 spiro atoms. The van der Waals surface area contributed by atoms with Gasteiger partial charge in [0.25, 0.3) is 11.5 Å². The Morgan fingerprint density at radius 3 is 2.59 bits per heavy atom. The van der Waals surface area contributed by atoms with Gasteiger partial charge in [0.05, 0.1) is 16.0 Å². The third-order valence-electron chi connectivity index (χ3n) is 5.33. The van der Waals surface area contributed by atoms with E-state index in [4.69, 9.17) is 4.98 Å². The van der Waals surface area contributed by atoms with E-state index in [-0.39, 0.29) is 17.2 Å². The number of carbonyl (C=O) groups excluding carboxylic acids is 1. The first kappa shape index (κ1) is 20.3. The van der Waals surface area contributed by atoms with Gasteiger partial charge in [-0.15, -0.1) is 22.7 Å². The van der Waals surface area contributed by atoms with Crippen LogP contribution < -0.4 is 11.0 Å². The largest absolute Gasteiger partial charge is 0.291 e. The van der Waals surface area contributed by atoms with E-state index < -0.39 is 0 Å². The van der Waals surface area contributed by atoms with Crippen molar-refractivity contribution in [3.05, 3.63) is 80.7 Å². The second-order valence-corrected chi connectivity index (χ2v) is 9.21. The molecular formula is C23H19N5O2S2. The minimum Gasteiger partial charge on any atom is -0.267 e. The molecule has 1 aromatic carbocycles. The van der Waals surface area contributed by atoms with E-state index in [1.165, 1.54) is 4.68 Å². The molecule has 5 aromatic rings. The van der Waals surface area contributed by atoms with Crippen molar-refractivity contribution in [2.75, 3.05) is 5.43 Å². The summed E-state index contributed by atoms with van der Waals surface area (Å²) in [6.45, 7) is 3.87. The fourth-order valence-corrected chi connectivity index (χ4v) is 5.36. The van der Waals surface area contributed by atoms with Gasteiger partial charge in [0, 0.05) is 34.8 Å². The number of aromatic nitrogens is 4. The average molecular weight is 462 g/mol. The number of benzene rings is 1. The number of amides is 1. The summed E-state index contributed by atoms with van der Waals surface area (Å²) in [6, 6.07) is 13.1. The molecule has 0 radical (unpaired) electrons. The molecule has 0 saturated carbocycles. The molecular weight excluding hydrogens is 442 g/mol. The molecule has 5 rings (SSSR count). The van der Waals surface area contributed by atoms with Crippen molar-refractivity contribution in [1.82, 2.24) is 19.4 Å². The van der Waals surface area contributed by atoms with Crippen LogP contribution in [-0.4, -0.2) is 25.3 Å². The van der Waals surface area contributed by atoms with Crippen molar-refractivity contribution in [2.24, 2.45) is 7.05 Å². The number of hydrogen-bond donors (Lipinski definition) is 1. The Labute approximate surface area is 191 Å². The normalized spacial score (nSPS) is 11.2. The molecule has 0 fully saturated rings. The molecule has 1 N–H and O–H groups in total. The van der Waals surface area contributed by atoms with Crippen LogP contribution in [-0.2, 0) is 7.05 Å². The van der Waals surface area contributed by atoms with E-state index in [1.54, 1.807) is 58.7 Å². The Morgan fingerprint density at radius 1 is 1.06 bits per heavy atom. The van der Waals surface area contributed by atoms with Crippen molar-refractivity contribution >= 4 is 39.4 Å². The number of hydrogen-bond acceptors (Lipinski definition) is 6. The molecule has 1 amide bonds. The number of fused-ring (bicyclic) bond motifs is 1. The lowest BCUT2D eigenvalue weighted by atomic mass is 10.1. The Morgan fingerprint density at radius 2 is 1.84 bits per heavy atom. The zero-order chi connectivity index (χ0) is 22.4. The van der Waals surface area contributed by atoms with Gasteiger partial charge in [-0.3, -0.25) is 19.7 Å². The predicted molar refractivity (Wildman–Crippen MR) is 129 cm³/mol. The molecule has 0 aliphatic heterocycles. The molecule has 4 aromatic heterocycles. The van der Waals surface area contributed by atoms with Gasteiger partial charge in [0.15, 0.2) is 5.69 Å². The van der Waals surface area contributed by atoms with E-state index in [0.29, 0.717) is 10.8 Å². The summed E-state index contributed by atoms with van der Waals surface area (Å²) in [5.41, 5.74) is 6.46. The van der Waals surface area contributed by atoms with Gasteiger partial charge in [-0.05, 0) is 37.4 Å². The van der Waals surface area contributed by atoms with Crippen LogP contribution in [0.15, 0.2) is 58.0 Å². The van der Waals surface area contributed by atoms with Gasteiger partial charge in [-0.1, -0.05) is 24.3 Å². The zero-order valence-corrected chi connectivity index (χ0v) is 19.3. The highest BCUT2D eigenvalue weighted by atomic mass is 32.1. The Balaban J connectivity index is 1.51. The SMILES string of the molecule is Cc1cc(-c2csc(-c3cccs3)n2)c(C)n1NC(=O)c1nn(C)c(=O)c2ccccc12. The lowest BCUT2D eigenvalue weighted by Gasteiger charge is -2.13. The van der Waals surface area contributed by atoms with Crippen molar-refractivity contribution in [3.63, 3.8) is 0 Å². The maximum absolute atomic E-state index is 13.2. The lowest BCUT2D eigenvalue weighted by Crippen LogP contribution is -2.29. The molecule has 7 nitrogen and oxygen atoms in total. The van der Waals surface area contributed by atoms with Gasteiger partial charge in [0.1, 0.15) is 5.01 Å². The molecule has 32 heavy (non-hydrogen) atoms. The van der Waals surface area contributed by atoms with E-state index in [9.17, 15) is 9.59 Å². The maximum atomic E-state index is 13.2. The van der Waals surface area contributed by atoms with Crippen LogP contribution in [0, 0.1) is 13.8 Å². The number of nitrogens with zero attached hydrogens (tertiary/aromatic N) is 4. The number of rotatable bonds is 4. The minimum absolute atomic E-state index is 0.199. The standard InChI is InChI=1S/C23H19N5O2S2/c1-13-11-17(18-12-32-22(24-18)19-9-6-10-31-19)14(2)28(13)26-21(29)20-15-7-4-5-8-16(15)23(30)27(3)25-20/h4-12H,1-3H3,(H,26,29). The van der Waals surface area contributed by atoms with Crippen LogP contribution >= 0.6 is 22.7 Å². The third kappa shape index (κ3) is 3.35. The van der Waals surface area contributed by atoms with Crippen LogP contribution in [0.1, 0.15) is 21.9 Å². The van der Waals surface area contributed by atoms with Crippen molar-refractivity contribution in [1.29, 1.82) is 0 Å². The summed E-state index contributed by atoms with van der Waals surface area (Å²) in [7, 11) is 1.54. The van der Waals surface area contributed by atoms with Crippen LogP contribution in [0.5, 0.6) is 0 Å². The second-order valence-electron chi connectivity index (χ2n) is 7.40. The Bertz CT molecular complexity index is 1530. The average Bonchev–Trinajstić information content (AvgIpc) is 3.53. The first-order valence-electron chi connectivity index (χ1n) is 9.90. The summed E-state index contributed by atoms with van der Waals surface area (Å²) >= 11 is 3.26. The number of carbonyl (C=O) groups is 1. The summed E-state index contributed by atoms with van der Waals surface area (Å²) in [6.07, 6.45) is 0. The Hall–Kier alpha value is -3.56. The molecule has 0 unspecified atom stereocenters. The van der Waals surface area contributed by atoms with Crippen LogP contribution in [0.25, 0.3) is 31.9 Å². The van der Waals surface area contributed by atoms with Gasteiger partial charge in [0.2, 0.25) is 0 Å². The Kier molecular flexibility index (Phi) is 4.99. The van der Waals surface area contributed by atoms with Gasteiger partial charge in [-0.2, -0.15) is 5.10 Å². The topological polar surface area (TPSA) is 81.8 Å². The first-order valence-corrected chi connectivity index (χ1v) is 11.7. The molecule has 160 valence electrons.